The van der Waals surface area contributed by atoms with Crippen LogP contribution in [0.2, 0.25) is 0 Å². The van der Waals surface area contributed by atoms with E-state index in [2.05, 4.69) is 17.6 Å². The lowest BCUT2D eigenvalue weighted by Gasteiger charge is -2.28. The highest BCUT2D eigenvalue weighted by molar-refractivity contribution is 5.98. The Hall–Kier alpha value is -3.61. The van der Waals surface area contributed by atoms with Crippen molar-refractivity contribution in [3.8, 4) is 16.8 Å². The Morgan fingerprint density at radius 3 is 2.29 bits per heavy atom. The molecule has 2 N–H and O–H groups in total. The second-order valence-corrected chi connectivity index (χ2v) is 9.88. The van der Waals surface area contributed by atoms with E-state index < -0.39 is 0 Å². The molecule has 0 fully saturated rings. The highest BCUT2D eigenvalue weighted by Crippen LogP contribution is 2.34. The molecule has 0 saturated heterocycles. The van der Waals surface area contributed by atoms with Gasteiger partial charge in [-0.2, -0.15) is 5.10 Å². The summed E-state index contributed by atoms with van der Waals surface area (Å²) in [5, 5.41) is 10.9. The van der Waals surface area contributed by atoms with Crippen LogP contribution in [-0.2, 0) is 4.79 Å². The third kappa shape index (κ3) is 6.72. The molecule has 0 spiro atoms. The lowest BCUT2D eigenvalue weighted by molar-refractivity contribution is -0.116. The second-order valence-electron chi connectivity index (χ2n) is 9.88. The van der Waals surface area contributed by atoms with Crippen molar-refractivity contribution in [1.29, 1.82) is 0 Å². The smallest absolute Gasteiger partial charge is 0.318 e. The lowest BCUT2D eigenvalue weighted by atomic mass is 10.1. The van der Waals surface area contributed by atoms with E-state index in [9.17, 15) is 9.59 Å². The summed E-state index contributed by atoms with van der Waals surface area (Å²) in [6.07, 6.45) is 1.75. The Morgan fingerprint density at radius 1 is 1.00 bits per heavy atom. The van der Waals surface area contributed by atoms with Gasteiger partial charge in [0, 0.05) is 17.6 Å². The van der Waals surface area contributed by atoms with Crippen LogP contribution in [0.25, 0.3) is 16.8 Å². The maximum atomic E-state index is 13.3. The molecule has 0 bridgehead atoms. The fraction of sp³-hybridized carbons (Fsp3) is 0.393. The van der Waals surface area contributed by atoms with Crippen molar-refractivity contribution in [1.82, 2.24) is 20.0 Å². The molecular formula is C28H37N5O2. The molecule has 0 aliphatic heterocycles. The number of rotatable bonds is 8. The maximum Gasteiger partial charge on any atom is 0.318 e. The summed E-state index contributed by atoms with van der Waals surface area (Å²) in [7, 11) is 0. The van der Waals surface area contributed by atoms with Crippen LogP contribution in [0.4, 0.5) is 10.6 Å². The van der Waals surface area contributed by atoms with Crippen molar-refractivity contribution in [2.75, 3.05) is 18.4 Å². The number of carbonyl (C=O) groups is 2. The summed E-state index contributed by atoms with van der Waals surface area (Å²) < 4.78 is 1.79. The topological polar surface area (TPSA) is 79.3 Å². The molecule has 0 aliphatic carbocycles. The third-order valence-corrected chi connectivity index (χ3v) is 5.61. The maximum absolute atomic E-state index is 13.3. The van der Waals surface area contributed by atoms with Gasteiger partial charge in [0.25, 0.3) is 0 Å². The number of nitrogens with zero attached hydrogens (tertiary/aromatic N) is 3. The predicted molar refractivity (Wildman–Crippen MR) is 142 cm³/mol. The molecule has 7 heteroatoms. The average molecular weight is 476 g/mol. The van der Waals surface area contributed by atoms with E-state index in [0.717, 1.165) is 40.9 Å². The third-order valence-electron chi connectivity index (χ3n) is 5.61. The van der Waals surface area contributed by atoms with Gasteiger partial charge in [0.1, 0.15) is 12.4 Å². The number of carbonyl (C=O) groups excluding carboxylic acids is 2. The molecule has 35 heavy (non-hydrogen) atoms. The van der Waals surface area contributed by atoms with Crippen molar-refractivity contribution in [2.24, 2.45) is 0 Å². The van der Waals surface area contributed by atoms with Gasteiger partial charge in [0.05, 0.1) is 11.4 Å². The minimum absolute atomic E-state index is 0.0475. The first-order valence-electron chi connectivity index (χ1n) is 12.2. The Balaban J connectivity index is 1.97. The summed E-state index contributed by atoms with van der Waals surface area (Å²) in [4.78, 5) is 27.8. The first-order chi connectivity index (χ1) is 16.6. The molecule has 1 aromatic heterocycles. The van der Waals surface area contributed by atoms with Gasteiger partial charge < -0.3 is 15.5 Å². The van der Waals surface area contributed by atoms with Crippen molar-refractivity contribution in [2.45, 2.75) is 59.9 Å². The highest BCUT2D eigenvalue weighted by Gasteiger charge is 2.24. The molecule has 0 atom stereocenters. The number of aryl methyl sites for hydroxylation is 2. The Labute approximate surface area is 208 Å². The number of unbranched alkanes of at least 4 members (excludes halogenated alkanes) is 1. The molecule has 3 amide bonds. The molecule has 1 heterocycles. The minimum atomic E-state index is -0.390. The quantitative estimate of drug-likeness (QED) is 0.438. The van der Waals surface area contributed by atoms with Crippen molar-refractivity contribution < 1.29 is 9.59 Å². The van der Waals surface area contributed by atoms with Crippen LogP contribution in [0.3, 0.4) is 0 Å². The summed E-state index contributed by atoms with van der Waals surface area (Å²) in [5.74, 6) is 0.330. The minimum Gasteiger partial charge on any atom is -0.333 e. The monoisotopic (exact) mass is 475 g/mol. The van der Waals surface area contributed by atoms with Crippen molar-refractivity contribution in [3.63, 3.8) is 0 Å². The van der Waals surface area contributed by atoms with Gasteiger partial charge in [-0.3, -0.25) is 4.79 Å². The van der Waals surface area contributed by atoms with Crippen LogP contribution < -0.4 is 10.6 Å². The zero-order valence-corrected chi connectivity index (χ0v) is 21.7. The summed E-state index contributed by atoms with van der Waals surface area (Å²) >= 11 is 0. The molecule has 0 radical (unpaired) electrons. The largest absolute Gasteiger partial charge is 0.333 e. The molecule has 186 valence electrons. The van der Waals surface area contributed by atoms with Gasteiger partial charge in [-0.25, -0.2) is 9.48 Å². The van der Waals surface area contributed by atoms with Gasteiger partial charge in [0.2, 0.25) is 5.91 Å². The number of aromatic nitrogens is 2. The highest BCUT2D eigenvalue weighted by atomic mass is 16.2. The van der Waals surface area contributed by atoms with E-state index in [1.54, 1.807) is 9.58 Å². The fourth-order valence-electron chi connectivity index (χ4n) is 3.91. The molecule has 2 aromatic carbocycles. The first kappa shape index (κ1) is 26.0. The zero-order valence-electron chi connectivity index (χ0n) is 21.7. The number of para-hydroxylation sites is 1. The molecule has 0 saturated carbocycles. The van der Waals surface area contributed by atoms with Crippen LogP contribution in [0.15, 0.2) is 54.6 Å². The number of amides is 3. The number of nitrogens with one attached hydrogen (secondary N) is 2. The van der Waals surface area contributed by atoms with Crippen molar-refractivity contribution in [3.05, 3.63) is 65.9 Å². The molecule has 0 unspecified atom stereocenters. The van der Waals surface area contributed by atoms with Gasteiger partial charge >= 0.3 is 6.03 Å². The fourth-order valence-corrected chi connectivity index (χ4v) is 3.91. The van der Waals surface area contributed by atoms with Gasteiger partial charge in [-0.15, -0.1) is 0 Å². The summed E-state index contributed by atoms with van der Waals surface area (Å²) in [6.45, 7) is 12.3. The normalized spacial score (nSPS) is 11.3. The zero-order chi connectivity index (χ0) is 25.6. The predicted octanol–water partition coefficient (Wildman–Crippen LogP) is 5.70. The van der Waals surface area contributed by atoms with E-state index in [-0.39, 0.29) is 24.0 Å². The van der Waals surface area contributed by atoms with E-state index in [4.69, 9.17) is 5.10 Å². The van der Waals surface area contributed by atoms with Crippen LogP contribution in [0.1, 0.15) is 51.8 Å². The Morgan fingerprint density at radius 2 is 1.66 bits per heavy atom. The number of hydrogen-bond acceptors (Lipinski definition) is 3. The number of benzene rings is 2. The molecular weight excluding hydrogens is 438 g/mol. The molecule has 7 nitrogen and oxygen atoms in total. The first-order valence-corrected chi connectivity index (χ1v) is 12.2. The van der Waals surface area contributed by atoms with E-state index in [0.29, 0.717) is 12.4 Å². The SMILES string of the molecule is CCCCN(CC(=O)Nc1c(-c2ccccc2)c(C)nn1-c1ccccc1C)C(=O)NC(C)(C)C. The van der Waals surface area contributed by atoms with Gasteiger partial charge in [0.15, 0.2) is 0 Å². The Kier molecular flexibility index (Phi) is 8.33. The van der Waals surface area contributed by atoms with Crippen molar-refractivity contribution >= 4 is 17.8 Å². The van der Waals surface area contributed by atoms with Crippen LogP contribution in [0, 0.1) is 13.8 Å². The average Bonchev–Trinajstić information content (AvgIpc) is 3.11. The molecule has 0 aliphatic rings. The van der Waals surface area contributed by atoms with E-state index in [1.165, 1.54) is 0 Å². The molecule has 3 rings (SSSR count). The second kappa shape index (κ2) is 11.2. The lowest BCUT2D eigenvalue weighted by Crippen LogP contribution is -2.50. The van der Waals surface area contributed by atoms with Crippen LogP contribution in [0.5, 0.6) is 0 Å². The van der Waals surface area contributed by atoms with Crippen LogP contribution in [-0.4, -0.2) is 45.2 Å². The number of hydrogen-bond donors (Lipinski definition) is 2. The van der Waals surface area contributed by atoms with Gasteiger partial charge in [-0.05, 0) is 58.2 Å². The summed E-state index contributed by atoms with van der Waals surface area (Å²) in [5.41, 5.74) is 4.18. The van der Waals surface area contributed by atoms with Gasteiger partial charge in [-0.1, -0.05) is 61.9 Å². The number of urea groups is 1. The Bertz CT molecular complexity index is 1160. The summed E-state index contributed by atoms with van der Waals surface area (Å²) in [6, 6.07) is 17.6. The van der Waals surface area contributed by atoms with E-state index in [1.807, 2.05) is 89.2 Å². The van der Waals surface area contributed by atoms with E-state index >= 15 is 0 Å². The number of anilines is 1. The standard InChI is InChI=1S/C28H37N5O2/c1-7-8-18-32(27(35)30-28(4,5)6)19-24(34)29-26-25(22-15-10-9-11-16-22)21(3)31-33(26)23-17-13-12-14-20(23)2/h9-17H,7-8,18-19H2,1-6H3,(H,29,34)(H,30,35). The van der Waals surface area contributed by atoms with Crippen LogP contribution >= 0.6 is 0 Å². The molecule has 3 aromatic rings.